The fourth-order valence-corrected chi connectivity index (χ4v) is 2.26. The standard InChI is InChI=1S/C15H17N5/c1-20(9-7-16)14-6-8-17-15(19-14)12-10-18-13-5-3-2-4-11(12)13/h2-6,8,10,18H,7,9,16H2,1H3. The number of benzene rings is 1. The SMILES string of the molecule is CN(CCN)c1ccnc(-c2c[nH]c3ccccc23)n1. The zero-order valence-electron chi connectivity index (χ0n) is 11.4. The van der Waals surface area contributed by atoms with Crippen molar-refractivity contribution in [3.8, 4) is 11.4 Å². The van der Waals surface area contributed by atoms with Gasteiger partial charge in [0.25, 0.3) is 0 Å². The van der Waals surface area contributed by atoms with Crippen molar-refractivity contribution in [3.05, 3.63) is 42.7 Å². The molecule has 0 saturated heterocycles. The summed E-state index contributed by atoms with van der Waals surface area (Å²) in [5.74, 6) is 1.61. The van der Waals surface area contributed by atoms with Crippen LogP contribution in [-0.4, -0.2) is 35.1 Å². The van der Waals surface area contributed by atoms with E-state index in [4.69, 9.17) is 5.73 Å². The van der Waals surface area contributed by atoms with E-state index in [1.165, 1.54) is 0 Å². The highest BCUT2D eigenvalue weighted by Gasteiger charge is 2.10. The number of fused-ring (bicyclic) bond motifs is 1. The second-order valence-corrected chi connectivity index (χ2v) is 4.70. The van der Waals surface area contributed by atoms with Gasteiger partial charge in [0.2, 0.25) is 0 Å². The lowest BCUT2D eigenvalue weighted by molar-refractivity contribution is 0.865. The maximum atomic E-state index is 5.58. The Morgan fingerprint density at radius 2 is 2.10 bits per heavy atom. The molecule has 0 bridgehead atoms. The van der Waals surface area contributed by atoms with Crippen LogP contribution in [0.3, 0.4) is 0 Å². The molecule has 3 N–H and O–H groups in total. The smallest absolute Gasteiger partial charge is 0.163 e. The van der Waals surface area contributed by atoms with Gasteiger partial charge in [-0.05, 0) is 12.1 Å². The third kappa shape index (κ3) is 2.23. The van der Waals surface area contributed by atoms with E-state index in [0.717, 1.165) is 34.7 Å². The number of hydrogen-bond donors (Lipinski definition) is 2. The molecule has 0 aliphatic rings. The summed E-state index contributed by atoms with van der Waals surface area (Å²) >= 11 is 0. The van der Waals surface area contributed by atoms with E-state index in [0.29, 0.717) is 6.54 Å². The maximum absolute atomic E-state index is 5.58. The van der Waals surface area contributed by atoms with E-state index < -0.39 is 0 Å². The number of aromatic amines is 1. The number of para-hydroxylation sites is 1. The zero-order valence-corrected chi connectivity index (χ0v) is 11.4. The van der Waals surface area contributed by atoms with Crippen LogP contribution < -0.4 is 10.6 Å². The normalized spacial score (nSPS) is 10.9. The lowest BCUT2D eigenvalue weighted by atomic mass is 10.1. The van der Waals surface area contributed by atoms with Crippen LogP contribution in [0, 0.1) is 0 Å². The van der Waals surface area contributed by atoms with Gasteiger partial charge in [-0.25, -0.2) is 9.97 Å². The van der Waals surface area contributed by atoms with Crippen LogP contribution in [0.15, 0.2) is 42.7 Å². The van der Waals surface area contributed by atoms with E-state index in [1.807, 2.05) is 42.4 Å². The van der Waals surface area contributed by atoms with Crippen molar-refractivity contribution in [2.45, 2.75) is 0 Å². The monoisotopic (exact) mass is 267 g/mol. The number of nitrogens with two attached hydrogens (primary N) is 1. The molecule has 3 rings (SSSR count). The van der Waals surface area contributed by atoms with Gasteiger partial charge in [0, 0.05) is 49.0 Å². The third-order valence-corrected chi connectivity index (χ3v) is 3.33. The summed E-state index contributed by atoms with van der Waals surface area (Å²) in [6.45, 7) is 1.37. The molecule has 5 nitrogen and oxygen atoms in total. The molecule has 0 spiro atoms. The number of hydrogen-bond acceptors (Lipinski definition) is 4. The van der Waals surface area contributed by atoms with Crippen LogP contribution >= 0.6 is 0 Å². The molecular formula is C15H17N5. The van der Waals surface area contributed by atoms with Crippen LogP contribution in [0.4, 0.5) is 5.82 Å². The fourth-order valence-electron chi connectivity index (χ4n) is 2.26. The second-order valence-electron chi connectivity index (χ2n) is 4.70. The van der Waals surface area contributed by atoms with Gasteiger partial charge in [0.05, 0.1) is 0 Å². The van der Waals surface area contributed by atoms with Gasteiger partial charge in [0.1, 0.15) is 5.82 Å². The maximum Gasteiger partial charge on any atom is 0.163 e. The summed E-state index contributed by atoms with van der Waals surface area (Å²) < 4.78 is 0. The second kappa shape index (κ2) is 5.30. The molecule has 0 unspecified atom stereocenters. The molecule has 2 aromatic heterocycles. The Bertz CT molecular complexity index is 719. The Labute approximate surface area is 117 Å². The molecule has 0 amide bonds. The number of H-pyrrole nitrogens is 1. The molecule has 20 heavy (non-hydrogen) atoms. The van der Waals surface area contributed by atoms with Gasteiger partial charge >= 0.3 is 0 Å². The van der Waals surface area contributed by atoms with Crippen molar-refractivity contribution in [2.24, 2.45) is 5.73 Å². The Morgan fingerprint density at radius 1 is 1.25 bits per heavy atom. The minimum Gasteiger partial charge on any atom is -0.360 e. The molecular weight excluding hydrogens is 250 g/mol. The van der Waals surface area contributed by atoms with Crippen molar-refractivity contribution >= 4 is 16.7 Å². The van der Waals surface area contributed by atoms with E-state index in [-0.39, 0.29) is 0 Å². The van der Waals surface area contributed by atoms with Crippen molar-refractivity contribution in [3.63, 3.8) is 0 Å². The minimum atomic E-state index is 0.600. The molecule has 0 fully saturated rings. The quantitative estimate of drug-likeness (QED) is 0.758. The predicted octanol–water partition coefficient (Wildman–Crippen LogP) is 2.02. The number of nitrogens with one attached hydrogen (secondary N) is 1. The van der Waals surface area contributed by atoms with Gasteiger partial charge in [-0.15, -0.1) is 0 Å². The molecule has 0 aliphatic heterocycles. The fraction of sp³-hybridized carbons (Fsp3) is 0.200. The minimum absolute atomic E-state index is 0.600. The highest BCUT2D eigenvalue weighted by molar-refractivity contribution is 5.93. The van der Waals surface area contributed by atoms with Crippen molar-refractivity contribution < 1.29 is 0 Å². The third-order valence-electron chi connectivity index (χ3n) is 3.33. The van der Waals surface area contributed by atoms with Gasteiger partial charge in [-0.1, -0.05) is 18.2 Å². The first-order valence-corrected chi connectivity index (χ1v) is 6.60. The van der Waals surface area contributed by atoms with Crippen molar-refractivity contribution in [1.29, 1.82) is 0 Å². The molecule has 1 aromatic carbocycles. The summed E-state index contributed by atoms with van der Waals surface area (Å²) in [7, 11) is 1.98. The van der Waals surface area contributed by atoms with Crippen LogP contribution in [0.25, 0.3) is 22.3 Å². The first kappa shape index (κ1) is 12.6. The lowest BCUT2D eigenvalue weighted by Crippen LogP contribution is -2.25. The largest absolute Gasteiger partial charge is 0.360 e. The molecule has 0 aliphatic carbocycles. The zero-order chi connectivity index (χ0) is 13.9. The van der Waals surface area contributed by atoms with Gasteiger partial charge in [-0.3, -0.25) is 0 Å². The molecule has 102 valence electrons. The highest BCUT2D eigenvalue weighted by Crippen LogP contribution is 2.26. The summed E-state index contributed by atoms with van der Waals surface area (Å²) in [6, 6.07) is 10.0. The van der Waals surface area contributed by atoms with Crippen LogP contribution in [0.2, 0.25) is 0 Å². The van der Waals surface area contributed by atoms with Gasteiger partial charge in [-0.2, -0.15) is 0 Å². The lowest BCUT2D eigenvalue weighted by Gasteiger charge is -2.17. The van der Waals surface area contributed by atoms with E-state index in [2.05, 4.69) is 21.0 Å². The number of rotatable bonds is 4. The Balaban J connectivity index is 2.04. The number of anilines is 1. The summed E-state index contributed by atoms with van der Waals surface area (Å²) in [5, 5.41) is 1.13. The summed E-state index contributed by atoms with van der Waals surface area (Å²) in [5.41, 5.74) is 7.69. The summed E-state index contributed by atoms with van der Waals surface area (Å²) in [4.78, 5) is 14.3. The first-order valence-electron chi connectivity index (χ1n) is 6.60. The molecule has 3 aromatic rings. The van der Waals surface area contributed by atoms with Gasteiger partial charge < -0.3 is 15.6 Å². The van der Waals surface area contributed by atoms with Crippen LogP contribution in [0.5, 0.6) is 0 Å². The Hall–Kier alpha value is -2.40. The number of likely N-dealkylation sites (N-methyl/N-ethyl adjacent to an activating group) is 1. The Kier molecular flexibility index (Phi) is 3.35. The first-order chi connectivity index (χ1) is 9.79. The molecule has 0 atom stereocenters. The highest BCUT2D eigenvalue weighted by atomic mass is 15.2. The molecule has 0 radical (unpaired) electrons. The molecule has 2 heterocycles. The molecule has 0 saturated carbocycles. The average Bonchev–Trinajstić information content (AvgIpc) is 2.91. The topological polar surface area (TPSA) is 70.8 Å². The van der Waals surface area contributed by atoms with Crippen molar-refractivity contribution in [1.82, 2.24) is 15.0 Å². The van der Waals surface area contributed by atoms with E-state index in [9.17, 15) is 0 Å². The van der Waals surface area contributed by atoms with E-state index >= 15 is 0 Å². The van der Waals surface area contributed by atoms with Crippen molar-refractivity contribution in [2.75, 3.05) is 25.0 Å². The Morgan fingerprint density at radius 3 is 2.95 bits per heavy atom. The van der Waals surface area contributed by atoms with Gasteiger partial charge in [0.15, 0.2) is 5.82 Å². The number of nitrogens with zero attached hydrogens (tertiary/aromatic N) is 3. The predicted molar refractivity (Wildman–Crippen MR) is 81.6 cm³/mol. The van der Waals surface area contributed by atoms with Crippen LogP contribution in [-0.2, 0) is 0 Å². The number of aromatic nitrogens is 3. The summed E-state index contributed by atoms with van der Waals surface area (Å²) in [6.07, 6.45) is 3.74. The van der Waals surface area contributed by atoms with E-state index in [1.54, 1.807) is 6.20 Å². The molecule has 5 heteroatoms. The van der Waals surface area contributed by atoms with Crippen LogP contribution in [0.1, 0.15) is 0 Å². The average molecular weight is 267 g/mol.